The van der Waals surface area contributed by atoms with E-state index in [-0.39, 0.29) is 0 Å². The molecule has 2 rings (SSSR count). The maximum Gasteiger partial charge on any atom is 0.123 e. The highest BCUT2D eigenvalue weighted by Crippen LogP contribution is 2.26. The average molecular weight is 294 g/mol. The molecule has 0 heterocycles. The van der Waals surface area contributed by atoms with E-state index in [1.807, 2.05) is 49.4 Å². The van der Waals surface area contributed by atoms with Crippen LogP contribution in [-0.4, -0.2) is 6.61 Å². The molecule has 2 nitrogen and oxygen atoms in total. The van der Waals surface area contributed by atoms with Crippen LogP contribution in [0.2, 0.25) is 0 Å². The summed E-state index contributed by atoms with van der Waals surface area (Å²) in [6.45, 7) is 10.7. The highest BCUT2D eigenvalue weighted by atomic mass is 16.5. The van der Waals surface area contributed by atoms with Gasteiger partial charge < -0.3 is 9.47 Å². The largest absolute Gasteiger partial charge is 0.489 e. The van der Waals surface area contributed by atoms with Crippen LogP contribution in [0.15, 0.2) is 73.3 Å². The van der Waals surface area contributed by atoms with E-state index in [2.05, 4.69) is 25.3 Å². The monoisotopic (exact) mass is 294 g/mol. The molecule has 0 saturated heterocycles. The van der Waals surface area contributed by atoms with E-state index < -0.39 is 0 Å². The highest BCUT2D eigenvalue weighted by molar-refractivity contribution is 5.41. The van der Waals surface area contributed by atoms with Gasteiger partial charge in [0.2, 0.25) is 0 Å². The maximum absolute atomic E-state index is 5.85. The Morgan fingerprint density at radius 1 is 1.09 bits per heavy atom. The molecule has 0 aliphatic heterocycles. The topological polar surface area (TPSA) is 18.5 Å². The van der Waals surface area contributed by atoms with Crippen molar-refractivity contribution in [1.29, 1.82) is 0 Å². The lowest BCUT2D eigenvalue weighted by atomic mass is 10.1. The first-order valence-corrected chi connectivity index (χ1v) is 7.37. The molecule has 0 bridgehead atoms. The van der Waals surface area contributed by atoms with Crippen LogP contribution < -0.4 is 9.47 Å². The Balaban J connectivity index is 2.07. The first kappa shape index (κ1) is 15.9. The number of ether oxygens (including phenoxy) is 2. The fraction of sp³-hybridized carbons (Fsp3) is 0.200. The number of rotatable bonds is 8. The molecular formula is C20H22O2. The van der Waals surface area contributed by atoms with Gasteiger partial charge in [-0.25, -0.2) is 0 Å². The standard InChI is InChI=1S/C20H22O2/c1-4-8-18-13-19(11-12-20(18)22-14-16(2)3)21-15-17-9-6-5-7-10-17/h4-7,9-13H,1-2,8,14-15H2,3H3. The molecule has 0 aliphatic carbocycles. The molecule has 0 spiro atoms. The summed E-state index contributed by atoms with van der Waals surface area (Å²) < 4.78 is 11.6. The minimum atomic E-state index is 0.522. The molecule has 0 unspecified atom stereocenters. The van der Waals surface area contributed by atoms with Gasteiger partial charge >= 0.3 is 0 Å². The van der Waals surface area contributed by atoms with Gasteiger partial charge in [0, 0.05) is 5.56 Å². The minimum absolute atomic E-state index is 0.522. The van der Waals surface area contributed by atoms with Crippen LogP contribution in [0.1, 0.15) is 18.1 Å². The van der Waals surface area contributed by atoms with Crippen molar-refractivity contribution in [1.82, 2.24) is 0 Å². The molecular weight excluding hydrogens is 272 g/mol. The van der Waals surface area contributed by atoms with Crippen LogP contribution in [0, 0.1) is 0 Å². The molecule has 0 aliphatic rings. The Bertz CT molecular complexity index is 629. The van der Waals surface area contributed by atoms with Crippen molar-refractivity contribution < 1.29 is 9.47 Å². The molecule has 0 radical (unpaired) electrons. The fourth-order valence-corrected chi connectivity index (χ4v) is 2.04. The lowest BCUT2D eigenvalue weighted by Crippen LogP contribution is -2.01. The van der Waals surface area contributed by atoms with E-state index in [1.54, 1.807) is 0 Å². The summed E-state index contributed by atoms with van der Waals surface area (Å²) in [6.07, 6.45) is 2.61. The van der Waals surface area contributed by atoms with Crippen LogP contribution in [0.4, 0.5) is 0 Å². The number of hydrogen-bond acceptors (Lipinski definition) is 2. The second-order valence-electron chi connectivity index (χ2n) is 5.28. The van der Waals surface area contributed by atoms with Crippen molar-refractivity contribution in [3.05, 3.63) is 84.5 Å². The summed E-state index contributed by atoms with van der Waals surface area (Å²) >= 11 is 0. The Morgan fingerprint density at radius 3 is 2.55 bits per heavy atom. The van der Waals surface area contributed by atoms with Crippen LogP contribution in [-0.2, 0) is 13.0 Å². The van der Waals surface area contributed by atoms with E-state index >= 15 is 0 Å². The fourth-order valence-electron chi connectivity index (χ4n) is 2.04. The van der Waals surface area contributed by atoms with Gasteiger partial charge in [-0.1, -0.05) is 43.0 Å². The van der Waals surface area contributed by atoms with Crippen molar-refractivity contribution in [2.45, 2.75) is 20.0 Å². The normalized spacial score (nSPS) is 10.0. The van der Waals surface area contributed by atoms with Crippen molar-refractivity contribution in [2.24, 2.45) is 0 Å². The molecule has 114 valence electrons. The van der Waals surface area contributed by atoms with E-state index in [0.29, 0.717) is 13.2 Å². The van der Waals surface area contributed by atoms with Crippen molar-refractivity contribution in [3.63, 3.8) is 0 Å². The Morgan fingerprint density at radius 2 is 1.86 bits per heavy atom. The van der Waals surface area contributed by atoms with Gasteiger partial charge in [-0.05, 0) is 42.7 Å². The average Bonchev–Trinajstić information content (AvgIpc) is 2.53. The Labute approximate surface area is 132 Å². The minimum Gasteiger partial charge on any atom is -0.489 e. The third-order valence-electron chi connectivity index (χ3n) is 3.12. The molecule has 0 amide bonds. The first-order valence-electron chi connectivity index (χ1n) is 7.37. The number of allylic oxidation sites excluding steroid dienone is 1. The molecule has 22 heavy (non-hydrogen) atoms. The zero-order valence-corrected chi connectivity index (χ0v) is 13.0. The Hall–Kier alpha value is -2.48. The predicted octanol–water partition coefficient (Wildman–Crippen LogP) is 4.95. The number of hydrogen-bond donors (Lipinski definition) is 0. The maximum atomic E-state index is 5.85. The molecule has 0 N–H and O–H groups in total. The second-order valence-corrected chi connectivity index (χ2v) is 5.28. The van der Waals surface area contributed by atoms with Crippen LogP contribution >= 0.6 is 0 Å². The third-order valence-corrected chi connectivity index (χ3v) is 3.12. The van der Waals surface area contributed by atoms with Crippen molar-refractivity contribution in [3.8, 4) is 11.5 Å². The smallest absolute Gasteiger partial charge is 0.123 e. The van der Waals surface area contributed by atoms with E-state index in [4.69, 9.17) is 9.47 Å². The first-order chi connectivity index (χ1) is 10.7. The van der Waals surface area contributed by atoms with Gasteiger partial charge in [0.1, 0.15) is 24.7 Å². The van der Waals surface area contributed by atoms with Gasteiger partial charge in [-0.3, -0.25) is 0 Å². The summed E-state index contributed by atoms with van der Waals surface area (Å²) in [7, 11) is 0. The van der Waals surface area contributed by atoms with Crippen molar-refractivity contribution in [2.75, 3.05) is 6.61 Å². The highest BCUT2D eigenvalue weighted by Gasteiger charge is 2.06. The summed E-state index contributed by atoms with van der Waals surface area (Å²) in [6, 6.07) is 16.0. The van der Waals surface area contributed by atoms with Crippen LogP contribution in [0.3, 0.4) is 0 Å². The summed E-state index contributed by atoms with van der Waals surface area (Å²) in [5.41, 5.74) is 3.21. The van der Waals surface area contributed by atoms with Crippen LogP contribution in [0.25, 0.3) is 0 Å². The number of benzene rings is 2. The van der Waals surface area contributed by atoms with Crippen molar-refractivity contribution >= 4 is 0 Å². The summed E-state index contributed by atoms with van der Waals surface area (Å²) in [5.74, 6) is 1.69. The van der Waals surface area contributed by atoms with Crippen LogP contribution in [0.5, 0.6) is 11.5 Å². The van der Waals surface area contributed by atoms with Gasteiger partial charge in [-0.15, -0.1) is 6.58 Å². The summed E-state index contributed by atoms with van der Waals surface area (Å²) in [5, 5.41) is 0. The SMILES string of the molecule is C=CCc1cc(OCc2ccccc2)ccc1OCC(=C)C. The molecule has 2 heteroatoms. The van der Waals surface area contributed by atoms with E-state index in [1.165, 1.54) is 0 Å². The zero-order chi connectivity index (χ0) is 15.8. The molecule has 0 atom stereocenters. The lowest BCUT2D eigenvalue weighted by molar-refractivity contribution is 0.304. The quantitative estimate of drug-likeness (QED) is 0.641. The molecule has 0 saturated carbocycles. The lowest BCUT2D eigenvalue weighted by Gasteiger charge is -2.13. The van der Waals surface area contributed by atoms with E-state index in [9.17, 15) is 0 Å². The van der Waals surface area contributed by atoms with Gasteiger partial charge in [-0.2, -0.15) is 0 Å². The molecule has 2 aromatic rings. The Kier molecular flexibility index (Phi) is 5.84. The van der Waals surface area contributed by atoms with Gasteiger partial charge in [0.05, 0.1) is 0 Å². The molecule has 2 aromatic carbocycles. The second kappa shape index (κ2) is 8.08. The predicted molar refractivity (Wildman–Crippen MR) is 91.4 cm³/mol. The van der Waals surface area contributed by atoms with Gasteiger partial charge in [0.15, 0.2) is 0 Å². The summed E-state index contributed by atoms with van der Waals surface area (Å²) in [4.78, 5) is 0. The van der Waals surface area contributed by atoms with Gasteiger partial charge in [0.25, 0.3) is 0 Å². The zero-order valence-electron chi connectivity index (χ0n) is 13.0. The van der Waals surface area contributed by atoms with E-state index in [0.717, 1.165) is 34.6 Å². The molecule has 0 aromatic heterocycles. The third kappa shape index (κ3) is 4.81. The molecule has 0 fully saturated rings.